The van der Waals surface area contributed by atoms with E-state index in [4.69, 9.17) is 5.11 Å². The summed E-state index contributed by atoms with van der Waals surface area (Å²) in [5.41, 5.74) is 1.60. The van der Waals surface area contributed by atoms with E-state index in [0.717, 1.165) is 24.9 Å². The molecule has 1 saturated heterocycles. The van der Waals surface area contributed by atoms with Crippen LogP contribution in [0, 0.1) is 0 Å². The Bertz CT molecular complexity index is 434. The second kappa shape index (κ2) is 4.86. The predicted octanol–water partition coefficient (Wildman–Crippen LogP) is 1.35. The Morgan fingerprint density at radius 3 is 3.06 bits per heavy atom. The lowest BCUT2D eigenvalue weighted by atomic mass is 10.2. The number of nitrogens with one attached hydrogen (secondary N) is 1. The van der Waals surface area contributed by atoms with Crippen molar-refractivity contribution in [3.05, 3.63) is 29.8 Å². The summed E-state index contributed by atoms with van der Waals surface area (Å²) >= 11 is 0. The molecule has 2 N–H and O–H groups in total. The number of benzene rings is 1. The molecule has 0 bridgehead atoms. The number of carbonyl (C=O) groups is 2. The summed E-state index contributed by atoms with van der Waals surface area (Å²) in [6, 6.07) is 7.29. The SMILES string of the molecule is O=Cc1cccc(N2CCC(NC(=O)O)C2)c1. The number of aldehydes is 1. The van der Waals surface area contributed by atoms with Crippen molar-refractivity contribution in [2.24, 2.45) is 0 Å². The summed E-state index contributed by atoms with van der Waals surface area (Å²) in [5, 5.41) is 11.1. The highest BCUT2D eigenvalue weighted by Gasteiger charge is 2.23. The molecule has 0 spiro atoms. The van der Waals surface area contributed by atoms with Gasteiger partial charge in [0, 0.05) is 24.3 Å². The lowest BCUT2D eigenvalue weighted by Gasteiger charge is -2.18. The number of hydrogen-bond acceptors (Lipinski definition) is 3. The van der Waals surface area contributed by atoms with E-state index in [1.807, 2.05) is 18.2 Å². The molecule has 1 aliphatic rings. The minimum absolute atomic E-state index is 0.0348. The van der Waals surface area contributed by atoms with Gasteiger partial charge >= 0.3 is 6.09 Å². The lowest BCUT2D eigenvalue weighted by Crippen LogP contribution is -2.36. The van der Waals surface area contributed by atoms with Gasteiger partial charge in [0.2, 0.25) is 0 Å². The third-order valence-electron chi connectivity index (χ3n) is 2.89. The average molecular weight is 234 g/mol. The number of rotatable bonds is 3. The van der Waals surface area contributed by atoms with E-state index in [0.29, 0.717) is 12.1 Å². The van der Waals surface area contributed by atoms with Crippen LogP contribution in [0.3, 0.4) is 0 Å². The van der Waals surface area contributed by atoms with Gasteiger partial charge in [0.05, 0.1) is 6.04 Å². The summed E-state index contributed by atoms with van der Waals surface area (Å²) in [7, 11) is 0. The molecule has 0 aromatic heterocycles. The van der Waals surface area contributed by atoms with Crippen molar-refractivity contribution in [2.45, 2.75) is 12.5 Å². The normalized spacial score (nSPS) is 19.1. The quantitative estimate of drug-likeness (QED) is 0.774. The van der Waals surface area contributed by atoms with Crippen molar-refractivity contribution in [2.75, 3.05) is 18.0 Å². The molecule has 17 heavy (non-hydrogen) atoms. The second-order valence-electron chi connectivity index (χ2n) is 4.09. The number of nitrogens with zero attached hydrogens (tertiary/aromatic N) is 1. The van der Waals surface area contributed by atoms with Crippen molar-refractivity contribution >= 4 is 18.1 Å². The Labute approximate surface area is 99.0 Å². The van der Waals surface area contributed by atoms with Crippen LogP contribution in [0.25, 0.3) is 0 Å². The topological polar surface area (TPSA) is 69.6 Å². The smallest absolute Gasteiger partial charge is 0.404 e. The van der Waals surface area contributed by atoms with Crippen molar-refractivity contribution in [3.8, 4) is 0 Å². The van der Waals surface area contributed by atoms with Gasteiger partial charge in [-0.2, -0.15) is 0 Å². The molecule has 0 aliphatic carbocycles. The maximum absolute atomic E-state index is 10.7. The number of amides is 1. The van der Waals surface area contributed by atoms with Gasteiger partial charge in [0.1, 0.15) is 6.29 Å². The zero-order chi connectivity index (χ0) is 12.3. The number of carboxylic acid groups (broad SMARTS) is 1. The summed E-state index contributed by atoms with van der Waals surface area (Å²) in [6.45, 7) is 1.45. The molecule has 0 radical (unpaired) electrons. The van der Waals surface area contributed by atoms with Gasteiger partial charge in [-0.25, -0.2) is 4.79 Å². The van der Waals surface area contributed by atoms with Crippen LogP contribution in [0.2, 0.25) is 0 Å². The van der Waals surface area contributed by atoms with Crippen LogP contribution in [-0.2, 0) is 0 Å². The van der Waals surface area contributed by atoms with Crippen LogP contribution in [0.4, 0.5) is 10.5 Å². The first-order valence-electron chi connectivity index (χ1n) is 5.48. The molecule has 5 heteroatoms. The van der Waals surface area contributed by atoms with Crippen LogP contribution < -0.4 is 10.2 Å². The highest BCUT2D eigenvalue weighted by Crippen LogP contribution is 2.20. The molecule has 0 saturated carbocycles. The number of anilines is 1. The zero-order valence-corrected chi connectivity index (χ0v) is 9.30. The molecular weight excluding hydrogens is 220 g/mol. The molecule has 1 amide bonds. The molecule has 1 aromatic carbocycles. The minimum Gasteiger partial charge on any atom is -0.465 e. The third-order valence-corrected chi connectivity index (χ3v) is 2.89. The first-order valence-corrected chi connectivity index (χ1v) is 5.48. The van der Waals surface area contributed by atoms with Crippen molar-refractivity contribution in [3.63, 3.8) is 0 Å². The molecule has 5 nitrogen and oxygen atoms in total. The monoisotopic (exact) mass is 234 g/mol. The van der Waals surface area contributed by atoms with Gasteiger partial charge in [-0.15, -0.1) is 0 Å². The average Bonchev–Trinajstić information content (AvgIpc) is 2.77. The van der Waals surface area contributed by atoms with Crippen LogP contribution in [0.1, 0.15) is 16.8 Å². The first kappa shape index (κ1) is 11.4. The first-order chi connectivity index (χ1) is 8.19. The van der Waals surface area contributed by atoms with E-state index in [1.54, 1.807) is 6.07 Å². The molecule has 1 unspecified atom stereocenters. The van der Waals surface area contributed by atoms with E-state index in [-0.39, 0.29) is 6.04 Å². The van der Waals surface area contributed by atoms with E-state index in [2.05, 4.69) is 10.2 Å². The fraction of sp³-hybridized carbons (Fsp3) is 0.333. The Morgan fingerprint density at radius 1 is 1.53 bits per heavy atom. The maximum atomic E-state index is 10.7. The third kappa shape index (κ3) is 2.75. The fourth-order valence-electron chi connectivity index (χ4n) is 2.08. The van der Waals surface area contributed by atoms with Crippen LogP contribution in [-0.4, -0.2) is 36.6 Å². The van der Waals surface area contributed by atoms with Crippen molar-refractivity contribution < 1.29 is 14.7 Å². The van der Waals surface area contributed by atoms with Gasteiger partial charge in [0.25, 0.3) is 0 Å². The molecule has 90 valence electrons. The van der Waals surface area contributed by atoms with Gasteiger partial charge in [0.15, 0.2) is 0 Å². The summed E-state index contributed by atoms with van der Waals surface area (Å²) < 4.78 is 0. The number of hydrogen-bond donors (Lipinski definition) is 2. The Morgan fingerprint density at radius 2 is 2.35 bits per heavy atom. The summed E-state index contributed by atoms with van der Waals surface area (Å²) in [6.07, 6.45) is 0.614. The van der Waals surface area contributed by atoms with E-state index in [9.17, 15) is 9.59 Å². The van der Waals surface area contributed by atoms with Crippen LogP contribution in [0.15, 0.2) is 24.3 Å². The molecule has 1 aliphatic heterocycles. The minimum atomic E-state index is -0.988. The molecule has 1 aromatic rings. The van der Waals surface area contributed by atoms with E-state index >= 15 is 0 Å². The summed E-state index contributed by atoms with van der Waals surface area (Å²) in [4.78, 5) is 23.3. The van der Waals surface area contributed by atoms with Gasteiger partial charge in [-0.05, 0) is 18.6 Å². The van der Waals surface area contributed by atoms with Gasteiger partial charge in [-0.3, -0.25) is 4.79 Å². The van der Waals surface area contributed by atoms with Crippen molar-refractivity contribution in [1.29, 1.82) is 0 Å². The Hall–Kier alpha value is -2.04. The Kier molecular flexibility index (Phi) is 3.27. The van der Waals surface area contributed by atoms with E-state index < -0.39 is 6.09 Å². The van der Waals surface area contributed by atoms with Gasteiger partial charge < -0.3 is 15.3 Å². The van der Waals surface area contributed by atoms with E-state index in [1.165, 1.54) is 0 Å². The highest BCUT2D eigenvalue weighted by molar-refractivity contribution is 5.77. The predicted molar refractivity (Wildman–Crippen MR) is 63.6 cm³/mol. The summed E-state index contributed by atoms with van der Waals surface area (Å²) in [5.74, 6) is 0. The van der Waals surface area contributed by atoms with Crippen LogP contribution >= 0.6 is 0 Å². The van der Waals surface area contributed by atoms with Crippen LogP contribution in [0.5, 0.6) is 0 Å². The molecular formula is C12H14N2O3. The Balaban J connectivity index is 2.04. The fourth-order valence-corrected chi connectivity index (χ4v) is 2.08. The maximum Gasteiger partial charge on any atom is 0.404 e. The standard InChI is InChI=1S/C12H14N2O3/c15-8-9-2-1-3-11(6-9)14-5-4-10(7-14)13-12(16)17/h1-3,6,8,10,13H,4-5,7H2,(H,16,17). The highest BCUT2D eigenvalue weighted by atomic mass is 16.4. The molecule has 1 atom stereocenters. The second-order valence-corrected chi connectivity index (χ2v) is 4.09. The van der Waals surface area contributed by atoms with Gasteiger partial charge in [-0.1, -0.05) is 12.1 Å². The van der Waals surface area contributed by atoms with Crippen molar-refractivity contribution in [1.82, 2.24) is 5.32 Å². The zero-order valence-electron chi connectivity index (χ0n) is 9.30. The molecule has 2 rings (SSSR count). The molecule has 1 heterocycles. The number of carbonyl (C=O) groups excluding carboxylic acids is 1. The lowest BCUT2D eigenvalue weighted by molar-refractivity contribution is 0.112. The molecule has 1 fully saturated rings. The largest absolute Gasteiger partial charge is 0.465 e.